The number of rotatable bonds is 6. The summed E-state index contributed by atoms with van der Waals surface area (Å²) in [5, 5.41) is 8.08. The first-order valence-corrected chi connectivity index (χ1v) is 12.0. The summed E-state index contributed by atoms with van der Waals surface area (Å²) in [6, 6.07) is 4.98. The summed E-state index contributed by atoms with van der Waals surface area (Å²) in [6.45, 7) is 14.9. The van der Waals surface area contributed by atoms with Gasteiger partial charge in [0.1, 0.15) is 0 Å². The van der Waals surface area contributed by atoms with Crippen molar-refractivity contribution in [2.24, 2.45) is 17.8 Å². The van der Waals surface area contributed by atoms with Crippen LogP contribution in [0.25, 0.3) is 0 Å². The summed E-state index contributed by atoms with van der Waals surface area (Å²) in [5.41, 5.74) is 2.91. The molecule has 0 bridgehead atoms. The summed E-state index contributed by atoms with van der Waals surface area (Å²) in [4.78, 5) is 12.5. The number of benzene rings is 1. The first-order chi connectivity index (χ1) is 14.7. The van der Waals surface area contributed by atoms with Crippen LogP contribution in [0, 0.1) is 17.8 Å². The van der Waals surface area contributed by atoms with Crippen molar-refractivity contribution >= 4 is 5.97 Å². The van der Waals surface area contributed by atoms with Crippen LogP contribution in [-0.4, -0.2) is 43.3 Å². The Hall–Kier alpha value is -1.75. The second-order valence-electron chi connectivity index (χ2n) is 9.23. The highest BCUT2D eigenvalue weighted by atomic mass is 16.5. The number of piperidine rings is 1. The lowest BCUT2D eigenvalue weighted by molar-refractivity contribution is -0.137. The van der Waals surface area contributed by atoms with Gasteiger partial charge in [0, 0.05) is 25.6 Å². The highest BCUT2D eigenvalue weighted by Gasteiger charge is 2.34. The van der Waals surface area contributed by atoms with E-state index in [1.807, 2.05) is 27.7 Å². The van der Waals surface area contributed by atoms with E-state index in [4.69, 9.17) is 14.6 Å². The Morgan fingerprint density at radius 2 is 1.68 bits per heavy atom. The molecule has 0 spiro atoms. The van der Waals surface area contributed by atoms with Gasteiger partial charge >= 0.3 is 5.97 Å². The predicted molar refractivity (Wildman–Crippen MR) is 128 cm³/mol. The van der Waals surface area contributed by atoms with Crippen LogP contribution >= 0.6 is 0 Å². The Kier molecular flexibility index (Phi) is 12.0. The van der Waals surface area contributed by atoms with Gasteiger partial charge in [0.25, 0.3) is 0 Å². The lowest BCUT2D eigenvalue weighted by Gasteiger charge is -2.44. The number of carboxylic acid groups (broad SMARTS) is 1. The fourth-order valence-electron chi connectivity index (χ4n) is 4.66. The zero-order valence-electron chi connectivity index (χ0n) is 21.0. The van der Waals surface area contributed by atoms with Crippen LogP contribution in [0.3, 0.4) is 0 Å². The van der Waals surface area contributed by atoms with E-state index in [1.165, 1.54) is 43.5 Å². The summed E-state index contributed by atoms with van der Waals surface area (Å²) in [5.74, 6) is 2.98. The largest absolute Gasteiger partial charge is 0.493 e. The molecule has 0 amide bonds. The normalized spacial score (nSPS) is 19.9. The minimum absolute atomic E-state index is 0.275. The number of ether oxygens (including phenoxy) is 2. The van der Waals surface area contributed by atoms with Gasteiger partial charge in [-0.05, 0) is 66.7 Å². The zero-order chi connectivity index (χ0) is 23.6. The second-order valence-corrected chi connectivity index (χ2v) is 9.23. The third-order valence-corrected chi connectivity index (χ3v) is 5.84. The molecule has 2 aliphatic heterocycles. The van der Waals surface area contributed by atoms with Crippen molar-refractivity contribution in [2.45, 2.75) is 79.7 Å². The third kappa shape index (κ3) is 8.36. The van der Waals surface area contributed by atoms with E-state index in [9.17, 15) is 4.79 Å². The van der Waals surface area contributed by atoms with Crippen LogP contribution < -0.4 is 9.47 Å². The van der Waals surface area contributed by atoms with E-state index in [2.05, 4.69) is 30.9 Å². The van der Waals surface area contributed by atoms with E-state index in [1.54, 1.807) is 14.2 Å². The smallest absolute Gasteiger partial charge is 0.303 e. The SMILES string of the molecule is CC.CC(C)CC(=O)O.COc1cc2c(cc1OC)C1CCC(CC(C)C)CN1CC2. The maximum absolute atomic E-state index is 9.81. The molecule has 1 saturated heterocycles. The highest BCUT2D eigenvalue weighted by molar-refractivity contribution is 5.66. The summed E-state index contributed by atoms with van der Waals surface area (Å²) < 4.78 is 11.0. The standard InChI is InChI=1S/C19H29NO2.C5H10O2.C2H6/c1-13(2)9-14-5-6-17-16-11-19(22-4)18(21-3)10-15(16)7-8-20(17)12-14;1-4(2)3-5(6)7;1-2/h10-11,13-14,17H,5-9,12H2,1-4H3;4H,3H2,1-2H3,(H,6,7);1-2H3. The molecule has 2 unspecified atom stereocenters. The molecule has 1 fully saturated rings. The Labute approximate surface area is 190 Å². The van der Waals surface area contributed by atoms with Crippen molar-refractivity contribution in [1.29, 1.82) is 0 Å². The first-order valence-electron chi connectivity index (χ1n) is 12.0. The molecule has 178 valence electrons. The summed E-state index contributed by atoms with van der Waals surface area (Å²) in [6.07, 6.45) is 5.40. The minimum atomic E-state index is -0.713. The van der Waals surface area contributed by atoms with Crippen LogP contribution in [0.1, 0.15) is 84.4 Å². The zero-order valence-corrected chi connectivity index (χ0v) is 21.0. The number of carbonyl (C=O) groups is 1. The molecular weight excluding hydrogens is 390 g/mol. The molecule has 2 atom stereocenters. The Morgan fingerprint density at radius 3 is 2.16 bits per heavy atom. The van der Waals surface area contributed by atoms with E-state index in [-0.39, 0.29) is 12.3 Å². The Balaban J connectivity index is 0.000000457. The molecule has 0 radical (unpaired) electrons. The van der Waals surface area contributed by atoms with Crippen molar-refractivity contribution in [3.63, 3.8) is 0 Å². The average Bonchev–Trinajstić information content (AvgIpc) is 2.72. The van der Waals surface area contributed by atoms with Crippen molar-refractivity contribution in [2.75, 3.05) is 27.3 Å². The van der Waals surface area contributed by atoms with E-state index in [0.29, 0.717) is 6.04 Å². The first kappa shape index (κ1) is 27.3. The molecule has 0 aliphatic carbocycles. The molecule has 3 rings (SSSR count). The van der Waals surface area contributed by atoms with Crippen molar-refractivity contribution in [3.8, 4) is 11.5 Å². The highest BCUT2D eigenvalue weighted by Crippen LogP contribution is 2.43. The van der Waals surface area contributed by atoms with Crippen molar-refractivity contribution in [3.05, 3.63) is 23.3 Å². The van der Waals surface area contributed by atoms with Crippen LogP contribution in [0.5, 0.6) is 11.5 Å². The van der Waals surface area contributed by atoms with Gasteiger partial charge in [-0.25, -0.2) is 0 Å². The van der Waals surface area contributed by atoms with Gasteiger partial charge in [-0.15, -0.1) is 0 Å². The molecule has 31 heavy (non-hydrogen) atoms. The van der Waals surface area contributed by atoms with Crippen LogP contribution in [0.2, 0.25) is 0 Å². The average molecular weight is 436 g/mol. The van der Waals surface area contributed by atoms with E-state index < -0.39 is 5.97 Å². The van der Waals surface area contributed by atoms with E-state index >= 15 is 0 Å². The number of carboxylic acids is 1. The molecular formula is C26H45NO4. The van der Waals surface area contributed by atoms with Crippen LogP contribution in [0.15, 0.2) is 12.1 Å². The van der Waals surface area contributed by atoms with Crippen molar-refractivity contribution in [1.82, 2.24) is 4.90 Å². The Bertz CT molecular complexity index is 672. The molecule has 5 heteroatoms. The maximum Gasteiger partial charge on any atom is 0.303 e. The van der Waals surface area contributed by atoms with Gasteiger partial charge < -0.3 is 14.6 Å². The topological polar surface area (TPSA) is 59.0 Å². The fourth-order valence-corrected chi connectivity index (χ4v) is 4.66. The second kappa shape index (κ2) is 13.6. The van der Waals surface area contributed by atoms with Gasteiger partial charge in [-0.3, -0.25) is 9.69 Å². The Morgan fingerprint density at radius 1 is 1.06 bits per heavy atom. The van der Waals surface area contributed by atoms with Gasteiger partial charge in [0.15, 0.2) is 11.5 Å². The minimum Gasteiger partial charge on any atom is -0.493 e. The summed E-state index contributed by atoms with van der Waals surface area (Å²) >= 11 is 0. The monoisotopic (exact) mass is 435 g/mol. The molecule has 2 heterocycles. The van der Waals surface area contributed by atoms with Gasteiger partial charge in [-0.2, -0.15) is 0 Å². The number of fused-ring (bicyclic) bond motifs is 3. The number of hydrogen-bond acceptors (Lipinski definition) is 4. The molecule has 1 N–H and O–H groups in total. The third-order valence-electron chi connectivity index (χ3n) is 5.84. The summed E-state index contributed by atoms with van der Waals surface area (Å²) in [7, 11) is 3.45. The molecule has 0 aromatic heterocycles. The number of aliphatic carboxylic acids is 1. The number of hydrogen-bond donors (Lipinski definition) is 1. The molecule has 5 nitrogen and oxygen atoms in total. The maximum atomic E-state index is 9.81. The molecule has 0 saturated carbocycles. The number of nitrogens with zero attached hydrogens (tertiary/aromatic N) is 1. The van der Waals surface area contributed by atoms with Crippen LogP contribution in [-0.2, 0) is 11.2 Å². The van der Waals surface area contributed by atoms with Crippen LogP contribution in [0.4, 0.5) is 0 Å². The predicted octanol–water partition coefficient (Wildman–Crippen LogP) is 6.20. The fraction of sp³-hybridized carbons (Fsp3) is 0.731. The van der Waals surface area contributed by atoms with Gasteiger partial charge in [0.2, 0.25) is 0 Å². The lowest BCUT2D eigenvalue weighted by Crippen LogP contribution is -2.42. The van der Waals surface area contributed by atoms with Gasteiger partial charge in [-0.1, -0.05) is 41.5 Å². The molecule has 1 aromatic rings. The molecule has 2 aliphatic rings. The molecule has 1 aromatic carbocycles. The number of methoxy groups -OCH3 is 2. The van der Waals surface area contributed by atoms with Gasteiger partial charge in [0.05, 0.1) is 14.2 Å². The van der Waals surface area contributed by atoms with E-state index in [0.717, 1.165) is 29.8 Å². The lowest BCUT2D eigenvalue weighted by atomic mass is 9.81. The van der Waals surface area contributed by atoms with Crippen molar-refractivity contribution < 1.29 is 19.4 Å². The quantitative estimate of drug-likeness (QED) is 0.576.